The number of esters is 1. The van der Waals surface area contributed by atoms with Crippen molar-refractivity contribution in [3.8, 4) is 0 Å². The Bertz CT molecular complexity index is 771. The summed E-state index contributed by atoms with van der Waals surface area (Å²) in [5, 5.41) is 10.7. The van der Waals surface area contributed by atoms with Gasteiger partial charge >= 0.3 is 5.97 Å². The Morgan fingerprint density at radius 3 is 2.10 bits per heavy atom. The van der Waals surface area contributed by atoms with Crippen LogP contribution in [0.15, 0.2) is 60.7 Å². The first-order valence-corrected chi connectivity index (χ1v) is 9.42. The monoisotopic (exact) mass is 404 g/mol. The van der Waals surface area contributed by atoms with Gasteiger partial charge in [-0.25, -0.2) is 4.39 Å². The predicted molar refractivity (Wildman–Crippen MR) is 102 cm³/mol. The highest BCUT2D eigenvalue weighted by molar-refractivity contribution is 5.65. The van der Waals surface area contributed by atoms with Crippen LogP contribution in [-0.4, -0.2) is 48.5 Å². The first kappa shape index (κ1) is 21.4. The van der Waals surface area contributed by atoms with E-state index in [-0.39, 0.29) is 19.8 Å². The molecular weight excluding hydrogens is 379 g/mol. The molecule has 0 amide bonds. The van der Waals surface area contributed by atoms with Gasteiger partial charge in [0.15, 0.2) is 0 Å². The van der Waals surface area contributed by atoms with Crippen molar-refractivity contribution in [2.24, 2.45) is 0 Å². The molecule has 1 aliphatic heterocycles. The summed E-state index contributed by atoms with van der Waals surface area (Å²) in [6.07, 6.45) is -2.81. The first-order valence-electron chi connectivity index (χ1n) is 9.42. The van der Waals surface area contributed by atoms with Gasteiger partial charge in [0.05, 0.1) is 13.2 Å². The van der Waals surface area contributed by atoms with E-state index in [0.717, 1.165) is 11.1 Å². The molecule has 0 bridgehead atoms. The lowest BCUT2D eigenvalue weighted by atomic mass is 10.1. The normalized spacial score (nSPS) is 26.4. The lowest BCUT2D eigenvalue weighted by Gasteiger charge is -2.28. The minimum absolute atomic E-state index is 0.142. The van der Waals surface area contributed by atoms with E-state index >= 15 is 0 Å². The highest BCUT2D eigenvalue weighted by Gasteiger charge is 2.56. The summed E-state index contributed by atoms with van der Waals surface area (Å²) in [7, 11) is 0. The highest BCUT2D eigenvalue weighted by Crippen LogP contribution is 2.35. The van der Waals surface area contributed by atoms with E-state index in [1.54, 1.807) is 0 Å². The summed E-state index contributed by atoms with van der Waals surface area (Å²) < 4.78 is 36.1. The third kappa shape index (κ3) is 5.61. The van der Waals surface area contributed by atoms with E-state index in [1.165, 1.54) is 6.92 Å². The fraction of sp³-hybridized carbons (Fsp3) is 0.409. The van der Waals surface area contributed by atoms with Gasteiger partial charge in [-0.15, -0.1) is 0 Å². The number of hydrogen-bond donors (Lipinski definition) is 1. The molecule has 0 radical (unpaired) electrons. The number of carbonyl (C=O) groups is 1. The summed E-state index contributed by atoms with van der Waals surface area (Å²) in [6, 6.07) is 18.7. The van der Waals surface area contributed by atoms with Crippen LogP contribution >= 0.6 is 0 Å². The highest BCUT2D eigenvalue weighted by atomic mass is 19.1. The summed E-state index contributed by atoms with van der Waals surface area (Å²) in [5.74, 6) is -2.70. The van der Waals surface area contributed by atoms with Crippen LogP contribution in [0.25, 0.3) is 0 Å². The molecule has 156 valence electrons. The second kappa shape index (κ2) is 9.93. The average molecular weight is 404 g/mol. The molecule has 1 unspecified atom stereocenters. The van der Waals surface area contributed by atoms with E-state index < -0.39 is 36.7 Å². The lowest BCUT2D eigenvalue weighted by molar-refractivity contribution is -0.249. The Kier molecular flexibility index (Phi) is 7.33. The molecule has 0 aliphatic carbocycles. The largest absolute Gasteiger partial charge is 0.463 e. The fourth-order valence-corrected chi connectivity index (χ4v) is 3.23. The second-order valence-electron chi connectivity index (χ2n) is 6.92. The van der Waals surface area contributed by atoms with Gasteiger partial charge in [-0.3, -0.25) is 4.79 Å². The number of carbonyl (C=O) groups excluding carboxylic acids is 1. The van der Waals surface area contributed by atoms with Crippen molar-refractivity contribution in [2.45, 2.75) is 44.2 Å². The SMILES string of the molecule is CC(=O)OC[C@H]1OC(O)(CF)[C@@H](OCc2ccccc2)[C@@H]1OCc1ccccc1. The first-order chi connectivity index (χ1) is 14.0. The molecule has 1 heterocycles. The quantitative estimate of drug-likeness (QED) is 0.648. The molecule has 2 aromatic rings. The number of aliphatic hydroxyl groups is 1. The van der Waals surface area contributed by atoms with Gasteiger partial charge < -0.3 is 24.1 Å². The zero-order valence-corrected chi connectivity index (χ0v) is 16.2. The summed E-state index contributed by atoms with van der Waals surface area (Å²) in [5.41, 5.74) is 1.76. The molecule has 0 spiro atoms. The van der Waals surface area contributed by atoms with Crippen molar-refractivity contribution in [2.75, 3.05) is 13.3 Å². The molecule has 0 saturated carbocycles. The van der Waals surface area contributed by atoms with Crippen LogP contribution in [-0.2, 0) is 37.0 Å². The van der Waals surface area contributed by atoms with Crippen LogP contribution in [0.4, 0.5) is 4.39 Å². The maximum Gasteiger partial charge on any atom is 0.302 e. The Hall–Kier alpha value is -2.32. The van der Waals surface area contributed by atoms with E-state index in [1.807, 2.05) is 60.7 Å². The predicted octanol–water partition coefficient (Wildman–Crippen LogP) is 2.78. The summed E-state index contributed by atoms with van der Waals surface area (Å²) in [6.45, 7) is 0.248. The lowest BCUT2D eigenvalue weighted by Crippen LogP contribution is -2.47. The zero-order valence-electron chi connectivity index (χ0n) is 16.2. The Labute approximate surface area is 169 Å². The molecule has 6 nitrogen and oxygen atoms in total. The van der Waals surface area contributed by atoms with Crippen LogP contribution in [0, 0.1) is 0 Å². The number of rotatable bonds is 9. The van der Waals surface area contributed by atoms with Gasteiger partial charge in [0.25, 0.3) is 0 Å². The van der Waals surface area contributed by atoms with Gasteiger partial charge in [0, 0.05) is 6.92 Å². The van der Waals surface area contributed by atoms with Gasteiger partial charge in [-0.2, -0.15) is 0 Å². The molecule has 4 atom stereocenters. The van der Waals surface area contributed by atoms with Crippen LogP contribution in [0.5, 0.6) is 0 Å². The summed E-state index contributed by atoms with van der Waals surface area (Å²) >= 11 is 0. The minimum Gasteiger partial charge on any atom is -0.463 e. The second-order valence-corrected chi connectivity index (χ2v) is 6.92. The van der Waals surface area contributed by atoms with Crippen LogP contribution in [0.3, 0.4) is 0 Å². The summed E-state index contributed by atoms with van der Waals surface area (Å²) in [4.78, 5) is 11.2. The molecule has 1 N–H and O–H groups in total. The third-order valence-electron chi connectivity index (χ3n) is 4.66. The van der Waals surface area contributed by atoms with Crippen molar-refractivity contribution in [3.05, 3.63) is 71.8 Å². The Morgan fingerprint density at radius 2 is 1.59 bits per heavy atom. The number of halogens is 1. The van der Waals surface area contributed by atoms with Crippen LogP contribution in [0.1, 0.15) is 18.1 Å². The standard InChI is InChI=1S/C22H25FO6/c1-16(24)26-14-19-20(27-12-17-8-4-2-5-9-17)21(22(25,15-23)29-19)28-13-18-10-6-3-7-11-18/h2-11,19-21,25H,12-15H2,1H3/t19-,20-,21+,22?/m1/s1. The molecule has 29 heavy (non-hydrogen) atoms. The number of hydrogen-bond acceptors (Lipinski definition) is 6. The van der Waals surface area contributed by atoms with Crippen molar-refractivity contribution >= 4 is 5.97 Å². The van der Waals surface area contributed by atoms with Crippen LogP contribution < -0.4 is 0 Å². The van der Waals surface area contributed by atoms with Gasteiger partial charge in [-0.05, 0) is 11.1 Å². The van der Waals surface area contributed by atoms with Gasteiger partial charge in [-0.1, -0.05) is 60.7 Å². The number of alkyl halides is 1. The average Bonchev–Trinajstić information content (AvgIpc) is 3.02. The molecule has 1 saturated heterocycles. The van der Waals surface area contributed by atoms with Crippen molar-refractivity contribution in [3.63, 3.8) is 0 Å². The topological polar surface area (TPSA) is 74.2 Å². The molecule has 2 aromatic carbocycles. The molecule has 3 rings (SSSR count). The molecule has 0 aromatic heterocycles. The fourth-order valence-electron chi connectivity index (χ4n) is 3.23. The zero-order chi connectivity index (χ0) is 20.7. The van der Waals surface area contributed by atoms with Crippen molar-refractivity contribution < 1.29 is 33.2 Å². The van der Waals surface area contributed by atoms with Gasteiger partial charge in [0.1, 0.15) is 31.6 Å². The Morgan fingerprint density at radius 1 is 1.03 bits per heavy atom. The number of ether oxygens (including phenoxy) is 4. The van der Waals surface area contributed by atoms with Crippen molar-refractivity contribution in [1.82, 2.24) is 0 Å². The Balaban J connectivity index is 1.76. The maximum absolute atomic E-state index is 13.7. The van der Waals surface area contributed by atoms with Crippen LogP contribution in [0.2, 0.25) is 0 Å². The smallest absolute Gasteiger partial charge is 0.302 e. The van der Waals surface area contributed by atoms with Gasteiger partial charge in [0.2, 0.25) is 5.79 Å². The van der Waals surface area contributed by atoms with E-state index in [4.69, 9.17) is 18.9 Å². The van der Waals surface area contributed by atoms with E-state index in [2.05, 4.69) is 0 Å². The third-order valence-corrected chi connectivity index (χ3v) is 4.66. The molecule has 7 heteroatoms. The molecule has 1 aliphatic rings. The van der Waals surface area contributed by atoms with E-state index in [0.29, 0.717) is 0 Å². The molecular formula is C22H25FO6. The number of benzene rings is 2. The molecule has 1 fully saturated rings. The van der Waals surface area contributed by atoms with Crippen molar-refractivity contribution in [1.29, 1.82) is 0 Å². The maximum atomic E-state index is 13.7. The minimum atomic E-state index is -2.19. The van der Waals surface area contributed by atoms with E-state index in [9.17, 15) is 14.3 Å².